The zero-order valence-electron chi connectivity index (χ0n) is 8.03. The summed E-state index contributed by atoms with van der Waals surface area (Å²) in [5.74, 6) is -1.12. The Hall–Kier alpha value is -1.63. The van der Waals surface area contributed by atoms with Crippen molar-refractivity contribution in [3.63, 3.8) is 0 Å². The van der Waals surface area contributed by atoms with E-state index < -0.39 is 23.9 Å². The van der Waals surface area contributed by atoms with Crippen LogP contribution in [0.25, 0.3) is 0 Å². The summed E-state index contributed by atoms with van der Waals surface area (Å²) in [6, 6.07) is 1.05. The molecule has 4 nitrogen and oxygen atoms in total. The maximum atomic E-state index is 12.1. The van der Waals surface area contributed by atoms with Crippen molar-refractivity contribution in [2.24, 2.45) is 5.73 Å². The van der Waals surface area contributed by atoms with Crippen LogP contribution in [0.4, 0.5) is 13.2 Å². The number of carboxylic acid groups (broad SMARTS) is 1. The normalized spacial score (nSPS) is 13.5. The summed E-state index contributed by atoms with van der Waals surface area (Å²) in [7, 11) is 0. The number of nitrogens with zero attached hydrogens (tertiary/aromatic N) is 1. The number of halogens is 3. The number of aromatic nitrogens is 1. The Bertz CT molecular complexity index is 375. The van der Waals surface area contributed by atoms with Crippen molar-refractivity contribution >= 4 is 5.97 Å². The largest absolute Gasteiger partial charge is 0.481 e. The standard InChI is InChI=1S/C9H9F3N2O2/c10-9(11,12)7-2-1-5(4-14-7)6(13)3-8(15)16/h1-2,4,6H,3,13H2,(H,15,16)/t6-/m0/s1. The van der Waals surface area contributed by atoms with Gasteiger partial charge in [-0.25, -0.2) is 0 Å². The summed E-state index contributed by atoms with van der Waals surface area (Å²) < 4.78 is 36.4. The van der Waals surface area contributed by atoms with E-state index in [4.69, 9.17) is 10.8 Å². The van der Waals surface area contributed by atoms with E-state index in [9.17, 15) is 18.0 Å². The number of pyridine rings is 1. The van der Waals surface area contributed by atoms with Gasteiger partial charge in [0.15, 0.2) is 0 Å². The van der Waals surface area contributed by atoms with Gasteiger partial charge in [-0.2, -0.15) is 13.2 Å². The molecule has 16 heavy (non-hydrogen) atoms. The van der Waals surface area contributed by atoms with Crippen molar-refractivity contribution in [2.75, 3.05) is 0 Å². The van der Waals surface area contributed by atoms with Gasteiger partial charge in [-0.15, -0.1) is 0 Å². The Morgan fingerprint density at radius 2 is 2.12 bits per heavy atom. The zero-order chi connectivity index (χ0) is 12.3. The molecule has 0 fully saturated rings. The Balaban J connectivity index is 2.83. The van der Waals surface area contributed by atoms with Crippen LogP contribution >= 0.6 is 0 Å². The quantitative estimate of drug-likeness (QED) is 0.832. The predicted octanol–water partition coefficient (Wildman–Crippen LogP) is 1.57. The van der Waals surface area contributed by atoms with Gasteiger partial charge in [0.05, 0.1) is 6.42 Å². The minimum Gasteiger partial charge on any atom is -0.481 e. The molecule has 0 amide bonds. The fourth-order valence-corrected chi connectivity index (χ4v) is 1.10. The molecule has 88 valence electrons. The second-order valence-corrected chi connectivity index (χ2v) is 3.18. The van der Waals surface area contributed by atoms with E-state index in [2.05, 4.69) is 4.98 Å². The van der Waals surface area contributed by atoms with Gasteiger partial charge in [0.25, 0.3) is 0 Å². The Morgan fingerprint density at radius 3 is 2.50 bits per heavy atom. The molecule has 1 rings (SSSR count). The third-order valence-corrected chi connectivity index (χ3v) is 1.90. The van der Waals surface area contributed by atoms with Gasteiger partial charge in [-0.1, -0.05) is 6.07 Å². The predicted molar refractivity (Wildman–Crippen MR) is 48.4 cm³/mol. The highest BCUT2D eigenvalue weighted by Gasteiger charge is 2.32. The first-order valence-corrected chi connectivity index (χ1v) is 4.31. The molecule has 1 atom stereocenters. The Kier molecular flexibility index (Phi) is 3.48. The first-order valence-electron chi connectivity index (χ1n) is 4.31. The molecule has 0 aliphatic rings. The fourth-order valence-electron chi connectivity index (χ4n) is 1.10. The van der Waals surface area contributed by atoms with E-state index in [0.717, 1.165) is 18.3 Å². The van der Waals surface area contributed by atoms with E-state index >= 15 is 0 Å². The molecule has 7 heteroatoms. The van der Waals surface area contributed by atoms with E-state index in [1.165, 1.54) is 0 Å². The second-order valence-electron chi connectivity index (χ2n) is 3.18. The van der Waals surface area contributed by atoms with Crippen molar-refractivity contribution in [2.45, 2.75) is 18.6 Å². The molecular formula is C9H9F3N2O2. The molecule has 0 aromatic carbocycles. The number of nitrogens with two attached hydrogens (primary N) is 1. The SMILES string of the molecule is N[C@@H](CC(=O)O)c1ccc(C(F)(F)F)nc1. The number of carboxylic acids is 1. The average molecular weight is 234 g/mol. The molecule has 1 aromatic heterocycles. The molecule has 0 spiro atoms. The number of carbonyl (C=O) groups is 1. The fraction of sp³-hybridized carbons (Fsp3) is 0.333. The lowest BCUT2D eigenvalue weighted by Crippen LogP contribution is -2.16. The van der Waals surface area contributed by atoms with Crippen LogP contribution in [-0.4, -0.2) is 16.1 Å². The number of alkyl halides is 3. The molecule has 0 aliphatic carbocycles. The topological polar surface area (TPSA) is 76.2 Å². The second kappa shape index (κ2) is 4.48. The van der Waals surface area contributed by atoms with Gasteiger partial charge in [-0.05, 0) is 11.6 Å². The van der Waals surface area contributed by atoms with Gasteiger partial charge in [0.1, 0.15) is 5.69 Å². The highest BCUT2D eigenvalue weighted by Crippen LogP contribution is 2.27. The van der Waals surface area contributed by atoms with Crippen LogP contribution in [0.15, 0.2) is 18.3 Å². The third kappa shape index (κ3) is 3.20. The van der Waals surface area contributed by atoms with E-state index in [1.54, 1.807) is 0 Å². The molecule has 3 N–H and O–H groups in total. The minimum atomic E-state index is -4.50. The molecule has 0 unspecified atom stereocenters. The highest BCUT2D eigenvalue weighted by molar-refractivity contribution is 5.67. The molecule has 0 saturated heterocycles. The van der Waals surface area contributed by atoms with Gasteiger partial charge < -0.3 is 10.8 Å². The molecule has 0 bridgehead atoms. The van der Waals surface area contributed by atoms with Gasteiger partial charge in [0, 0.05) is 12.2 Å². The number of aliphatic carboxylic acids is 1. The van der Waals surface area contributed by atoms with Gasteiger partial charge >= 0.3 is 12.1 Å². The van der Waals surface area contributed by atoms with Crippen molar-refractivity contribution < 1.29 is 23.1 Å². The molecule has 0 radical (unpaired) electrons. The Labute approximate surface area is 88.9 Å². The molecule has 0 aliphatic heterocycles. The monoisotopic (exact) mass is 234 g/mol. The van der Waals surface area contributed by atoms with Crippen molar-refractivity contribution in [3.8, 4) is 0 Å². The van der Waals surface area contributed by atoms with Gasteiger partial charge in [0.2, 0.25) is 0 Å². The van der Waals surface area contributed by atoms with Crippen LogP contribution in [0.3, 0.4) is 0 Å². The van der Waals surface area contributed by atoms with Crippen LogP contribution < -0.4 is 5.73 Å². The summed E-state index contributed by atoms with van der Waals surface area (Å²) >= 11 is 0. The lowest BCUT2D eigenvalue weighted by molar-refractivity contribution is -0.141. The summed E-state index contributed by atoms with van der Waals surface area (Å²) in [6.07, 6.45) is -3.92. The lowest BCUT2D eigenvalue weighted by Gasteiger charge is -2.10. The summed E-state index contributed by atoms with van der Waals surface area (Å²) in [4.78, 5) is 13.5. The van der Waals surface area contributed by atoms with Crippen LogP contribution in [0.1, 0.15) is 23.7 Å². The van der Waals surface area contributed by atoms with Crippen molar-refractivity contribution in [1.29, 1.82) is 0 Å². The van der Waals surface area contributed by atoms with Gasteiger partial charge in [-0.3, -0.25) is 9.78 Å². The lowest BCUT2D eigenvalue weighted by atomic mass is 10.1. The van der Waals surface area contributed by atoms with Crippen LogP contribution in [0.5, 0.6) is 0 Å². The number of rotatable bonds is 3. The first kappa shape index (κ1) is 12.4. The molecular weight excluding hydrogens is 225 g/mol. The van der Waals surface area contributed by atoms with E-state index in [0.29, 0.717) is 0 Å². The first-order chi connectivity index (χ1) is 7.30. The smallest absolute Gasteiger partial charge is 0.433 e. The summed E-state index contributed by atoms with van der Waals surface area (Å²) in [5.41, 5.74) is 4.68. The average Bonchev–Trinajstić information content (AvgIpc) is 2.15. The van der Waals surface area contributed by atoms with Crippen LogP contribution in [0, 0.1) is 0 Å². The number of hydrogen-bond acceptors (Lipinski definition) is 3. The zero-order valence-corrected chi connectivity index (χ0v) is 8.03. The minimum absolute atomic E-state index is 0.260. The molecule has 0 saturated carbocycles. The maximum Gasteiger partial charge on any atom is 0.433 e. The van der Waals surface area contributed by atoms with Crippen LogP contribution in [0.2, 0.25) is 0 Å². The summed E-state index contributed by atoms with van der Waals surface area (Å²) in [6.45, 7) is 0. The summed E-state index contributed by atoms with van der Waals surface area (Å²) in [5, 5.41) is 8.45. The maximum absolute atomic E-state index is 12.1. The van der Waals surface area contributed by atoms with Crippen molar-refractivity contribution in [1.82, 2.24) is 4.98 Å². The van der Waals surface area contributed by atoms with Crippen LogP contribution in [-0.2, 0) is 11.0 Å². The molecule has 1 aromatic rings. The third-order valence-electron chi connectivity index (χ3n) is 1.90. The van der Waals surface area contributed by atoms with E-state index in [1.807, 2.05) is 0 Å². The highest BCUT2D eigenvalue weighted by atomic mass is 19.4. The number of hydrogen-bond donors (Lipinski definition) is 2. The van der Waals surface area contributed by atoms with E-state index in [-0.39, 0.29) is 12.0 Å². The Morgan fingerprint density at radius 1 is 1.50 bits per heavy atom. The molecule has 1 heterocycles. The van der Waals surface area contributed by atoms with Crippen molar-refractivity contribution in [3.05, 3.63) is 29.6 Å².